The molecule has 0 radical (unpaired) electrons. The first-order valence-corrected chi connectivity index (χ1v) is 9.16. The van der Waals surface area contributed by atoms with E-state index in [2.05, 4.69) is 0 Å². The zero-order chi connectivity index (χ0) is 19.3. The van der Waals surface area contributed by atoms with Gasteiger partial charge < -0.3 is 9.31 Å². The van der Waals surface area contributed by atoms with Crippen molar-refractivity contribution in [1.29, 1.82) is 0 Å². The number of halogens is 3. The van der Waals surface area contributed by atoms with Crippen LogP contribution < -0.4 is 10.2 Å². The molecule has 1 aliphatic heterocycles. The summed E-state index contributed by atoms with van der Waals surface area (Å²) in [5.74, 6) is 0. The Morgan fingerprint density at radius 3 is 2.08 bits per heavy atom. The molecule has 25 heavy (non-hydrogen) atoms. The first-order valence-electron chi connectivity index (χ1n) is 7.67. The van der Waals surface area contributed by atoms with Crippen molar-refractivity contribution in [2.24, 2.45) is 0 Å². The van der Waals surface area contributed by atoms with Crippen LogP contribution in [0.15, 0.2) is 23.1 Å². The molecule has 10 heteroatoms. The van der Waals surface area contributed by atoms with Gasteiger partial charge in [-0.15, -0.1) is 0 Å². The van der Waals surface area contributed by atoms with Crippen molar-refractivity contribution < 1.29 is 30.9 Å². The minimum Gasteiger partial charge on any atom is -0.399 e. The molecule has 1 aliphatic rings. The zero-order valence-electron chi connectivity index (χ0n) is 14.7. The maximum atomic E-state index is 12.2. The van der Waals surface area contributed by atoms with Gasteiger partial charge in [0.1, 0.15) is 6.54 Å². The third-order valence-electron chi connectivity index (χ3n) is 4.52. The molecule has 2 rings (SSSR count). The smallest absolute Gasteiger partial charge is 0.399 e. The summed E-state index contributed by atoms with van der Waals surface area (Å²) in [4.78, 5) is -0.241. The topological polar surface area (TPSA) is 64.6 Å². The van der Waals surface area contributed by atoms with E-state index in [1.165, 1.54) is 18.2 Å². The molecular formula is C15H21BF3NO4S. The van der Waals surface area contributed by atoms with Gasteiger partial charge in [-0.3, -0.25) is 0 Å². The molecule has 140 valence electrons. The molecule has 0 saturated carbocycles. The number of rotatable bonds is 4. The van der Waals surface area contributed by atoms with Crippen LogP contribution in [0, 0.1) is 6.92 Å². The summed E-state index contributed by atoms with van der Waals surface area (Å²) in [6.45, 7) is 7.60. The maximum Gasteiger partial charge on any atom is 0.495 e. The first-order chi connectivity index (χ1) is 11.1. The van der Waals surface area contributed by atoms with Gasteiger partial charge in [0, 0.05) is 0 Å². The number of nitrogens with one attached hydrogen (secondary N) is 1. The van der Waals surface area contributed by atoms with Gasteiger partial charge in [-0.05, 0) is 52.2 Å². The molecule has 0 bridgehead atoms. The fourth-order valence-corrected chi connectivity index (χ4v) is 3.41. The van der Waals surface area contributed by atoms with E-state index >= 15 is 0 Å². The fraction of sp³-hybridized carbons (Fsp3) is 0.600. The fourth-order valence-electron chi connectivity index (χ4n) is 2.31. The molecule has 0 amide bonds. The minimum absolute atomic E-state index is 0.241. The summed E-state index contributed by atoms with van der Waals surface area (Å²) in [5.41, 5.74) is 0.0773. The van der Waals surface area contributed by atoms with E-state index in [0.717, 1.165) is 0 Å². The summed E-state index contributed by atoms with van der Waals surface area (Å²) in [5, 5.41) is 0. The van der Waals surface area contributed by atoms with Crippen LogP contribution in [0.25, 0.3) is 0 Å². The highest BCUT2D eigenvalue weighted by Crippen LogP contribution is 2.36. The van der Waals surface area contributed by atoms with Gasteiger partial charge in [-0.1, -0.05) is 11.6 Å². The number of hydrogen-bond acceptors (Lipinski definition) is 4. The van der Waals surface area contributed by atoms with E-state index in [0.29, 0.717) is 11.0 Å². The van der Waals surface area contributed by atoms with Crippen LogP contribution in [0.4, 0.5) is 13.2 Å². The van der Waals surface area contributed by atoms with Crippen molar-refractivity contribution in [2.45, 2.75) is 56.9 Å². The summed E-state index contributed by atoms with van der Waals surface area (Å²) < 4.78 is 74.1. The summed E-state index contributed by atoms with van der Waals surface area (Å²) >= 11 is 0. The number of alkyl halides is 3. The highest BCUT2D eigenvalue weighted by molar-refractivity contribution is 7.89. The van der Waals surface area contributed by atoms with Crippen LogP contribution >= 0.6 is 0 Å². The molecule has 5 nitrogen and oxygen atoms in total. The lowest BCUT2D eigenvalue weighted by atomic mass is 9.76. The van der Waals surface area contributed by atoms with Crippen molar-refractivity contribution in [3.63, 3.8) is 0 Å². The van der Waals surface area contributed by atoms with E-state index in [1.807, 2.05) is 27.7 Å². The van der Waals surface area contributed by atoms with E-state index in [9.17, 15) is 21.6 Å². The zero-order valence-corrected chi connectivity index (χ0v) is 15.5. The lowest BCUT2D eigenvalue weighted by molar-refractivity contribution is -0.121. The van der Waals surface area contributed by atoms with Crippen LogP contribution in [0.1, 0.15) is 33.3 Å². The van der Waals surface area contributed by atoms with Gasteiger partial charge in [0.2, 0.25) is 10.0 Å². The Kier molecular flexibility index (Phi) is 5.06. The second kappa shape index (κ2) is 6.26. The average Bonchev–Trinajstić information content (AvgIpc) is 2.64. The number of aryl methyl sites for hydroxylation is 1. The van der Waals surface area contributed by atoms with Crippen molar-refractivity contribution in [3.8, 4) is 0 Å². The average molecular weight is 379 g/mol. The van der Waals surface area contributed by atoms with Gasteiger partial charge in [0.15, 0.2) is 0 Å². The Labute approximate surface area is 146 Å². The quantitative estimate of drug-likeness (QED) is 0.815. The predicted octanol–water partition coefficient (Wildman–Crippen LogP) is 2.13. The monoisotopic (exact) mass is 379 g/mol. The van der Waals surface area contributed by atoms with Gasteiger partial charge in [-0.25, -0.2) is 13.1 Å². The van der Waals surface area contributed by atoms with Crippen LogP contribution in [0.5, 0.6) is 0 Å². The molecule has 1 saturated heterocycles. The van der Waals surface area contributed by atoms with Gasteiger partial charge in [-0.2, -0.15) is 13.2 Å². The van der Waals surface area contributed by atoms with E-state index in [-0.39, 0.29) is 4.90 Å². The van der Waals surface area contributed by atoms with Crippen LogP contribution in [-0.4, -0.2) is 39.5 Å². The Morgan fingerprint density at radius 2 is 1.64 bits per heavy atom. The largest absolute Gasteiger partial charge is 0.495 e. The molecule has 1 aromatic carbocycles. The SMILES string of the molecule is Cc1cc(S(=O)(=O)NCC(F)(F)F)ccc1B1OC(C)(C)C(C)(C)O1. The number of sulfonamides is 1. The first kappa shape index (κ1) is 20.2. The van der Waals surface area contributed by atoms with Crippen molar-refractivity contribution in [2.75, 3.05) is 6.54 Å². The highest BCUT2D eigenvalue weighted by atomic mass is 32.2. The summed E-state index contributed by atoms with van der Waals surface area (Å²) in [6, 6.07) is 4.05. The predicted molar refractivity (Wildman–Crippen MR) is 88.1 cm³/mol. The third kappa shape index (κ3) is 4.36. The standard InChI is InChI=1S/C15H21BF3NO4S/c1-10-8-11(25(21,22)20-9-15(17,18)19)6-7-12(10)16-23-13(2,3)14(4,5)24-16/h6-8,20H,9H2,1-5H3. The molecule has 1 aromatic rings. The molecular weight excluding hydrogens is 358 g/mol. The molecule has 1 fully saturated rings. The van der Waals surface area contributed by atoms with Crippen LogP contribution in [0.3, 0.4) is 0 Å². The molecule has 0 aromatic heterocycles. The van der Waals surface area contributed by atoms with Gasteiger partial charge in [0.05, 0.1) is 16.1 Å². The molecule has 0 atom stereocenters. The van der Waals surface area contributed by atoms with Gasteiger partial charge in [0.25, 0.3) is 0 Å². The molecule has 0 spiro atoms. The second-order valence-corrected chi connectivity index (χ2v) is 8.81. The third-order valence-corrected chi connectivity index (χ3v) is 5.92. The van der Waals surface area contributed by atoms with E-state index in [4.69, 9.17) is 9.31 Å². The normalized spacial score (nSPS) is 20.1. The number of benzene rings is 1. The lowest BCUT2D eigenvalue weighted by Gasteiger charge is -2.32. The van der Waals surface area contributed by atoms with Crippen LogP contribution in [0.2, 0.25) is 0 Å². The Hall–Kier alpha value is -1.10. The van der Waals surface area contributed by atoms with Gasteiger partial charge >= 0.3 is 13.3 Å². The number of hydrogen-bond donors (Lipinski definition) is 1. The molecule has 1 N–H and O–H groups in total. The molecule has 0 unspecified atom stereocenters. The molecule has 1 heterocycles. The molecule has 0 aliphatic carbocycles. The van der Waals surface area contributed by atoms with E-state index < -0.39 is 41.1 Å². The van der Waals surface area contributed by atoms with E-state index in [1.54, 1.807) is 11.6 Å². The minimum atomic E-state index is -4.62. The van der Waals surface area contributed by atoms with Crippen molar-refractivity contribution >= 4 is 22.6 Å². The summed E-state index contributed by atoms with van der Waals surface area (Å²) in [7, 11) is -4.93. The second-order valence-electron chi connectivity index (χ2n) is 7.05. The van der Waals surface area contributed by atoms with Crippen molar-refractivity contribution in [3.05, 3.63) is 23.8 Å². The Bertz CT molecular complexity index is 747. The highest BCUT2D eigenvalue weighted by Gasteiger charge is 2.52. The van der Waals surface area contributed by atoms with Crippen LogP contribution in [-0.2, 0) is 19.3 Å². The van der Waals surface area contributed by atoms with Crippen molar-refractivity contribution in [1.82, 2.24) is 4.72 Å². The Morgan fingerprint density at radius 1 is 1.12 bits per heavy atom. The lowest BCUT2D eigenvalue weighted by Crippen LogP contribution is -2.41. The summed E-state index contributed by atoms with van der Waals surface area (Å²) in [6.07, 6.45) is -4.62. The Balaban J connectivity index is 2.25. The maximum absolute atomic E-state index is 12.2.